The quantitative estimate of drug-likeness (QED) is 0.844. The molecule has 7 heteroatoms. The third kappa shape index (κ3) is 2.99. The molecular formula is C19H21N3O4. The van der Waals surface area contributed by atoms with E-state index < -0.39 is 6.10 Å². The minimum absolute atomic E-state index is 0.164. The molecule has 136 valence electrons. The molecule has 0 bridgehead atoms. The van der Waals surface area contributed by atoms with Gasteiger partial charge < -0.3 is 9.47 Å². The molecule has 1 aromatic carbocycles. The third-order valence-corrected chi connectivity index (χ3v) is 4.75. The van der Waals surface area contributed by atoms with Crippen LogP contribution in [0.3, 0.4) is 0 Å². The van der Waals surface area contributed by atoms with Gasteiger partial charge in [-0.25, -0.2) is 0 Å². The first-order valence-electron chi connectivity index (χ1n) is 8.90. The maximum Gasteiger partial charge on any atom is 0.313 e. The smallest absolute Gasteiger partial charge is 0.313 e. The van der Waals surface area contributed by atoms with E-state index >= 15 is 0 Å². The molecule has 0 radical (unpaired) electrons. The number of carbonyl (C=O) groups excluding carboxylic acids is 1. The number of amides is 1. The molecule has 0 saturated carbocycles. The molecule has 0 aliphatic carbocycles. The molecule has 2 atom stereocenters. The number of hydrogen-bond acceptors (Lipinski definition) is 5. The molecule has 2 aliphatic rings. The average molecular weight is 355 g/mol. The third-order valence-electron chi connectivity index (χ3n) is 4.75. The number of ether oxygens (including phenoxy) is 2. The van der Waals surface area contributed by atoms with Crippen molar-refractivity contribution in [1.29, 1.82) is 0 Å². The van der Waals surface area contributed by atoms with E-state index in [2.05, 4.69) is 5.10 Å². The van der Waals surface area contributed by atoms with Crippen molar-refractivity contribution in [2.45, 2.75) is 45.1 Å². The minimum atomic E-state index is -0.720. The fraction of sp³-hybridized carbons (Fsp3) is 0.421. The minimum Gasteiger partial charge on any atom is -0.473 e. The van der Waals surface area contributed by atoms with Gasteiger partial charge in [0.15, 0.2) is 12.3 Å². The molecule has 2 aromatic rings. The number of carbonyl (C=O) groups is 1. The lowest BCUT2D eigenvalue weighted by Crippen LogP contribution is -2.47. The zero-order chi connectivity index (χ0) is 18.1. The number of rotatable bonds is 3. The highest BCUT2D eigenvalue weighted by Gasteiger charge is 2.35. The highest BCUT2D eigenvalue weighted by Crippen LogP contribution is 2.32. The van der Waals surface area contributed by atoms with Crippen molar-refractivity contribution in [1.82, 2.24) is 9.78 Å². The van der Waals surface area contributed by atoms with Gasteiger partial charge in [-0.1, -0.05) is 30.3 Å². The van der Waals surface area contributed by atoms with Crippen LogP contribution >= 0.6 is 0 Å². The van der Waals surface area contributed by atoms with Gasteiger partial charge in [0, 0.05) is 6.61 Å². The Balaban J connectivity index is 1.72. The summed E-state index contributed by atoms with van der Waals surface area (Å²) in [5.74, 6) is -0.0218. The molecule has 2 aliphatic heterocycles. The fourth-order valence-electron chi connectivity index (χ4n) is 3.36. The van der Waals surface area contributed by atoms with E-state index in [1.165, 1.54) is 10.9 Å². The second-order valence-corrected chi connectivity index (χ2v) is 6.60. The first kappa shape index (κ1) is 16.8. The average Bonchev–Trinajstić information content (AvgIpc) is 2.68. The number of fused-ring (bicyclic) bond motifs is 1. The van der Waals surface area contributed by atoms with Crippen molar-refractivity contribution < 1.29 is 14.3 Å². The van der Waals surface area contributed by atoms with Gasteiger partial charge in [0.2, 0.25) is 5.75 Å². The first-order valence-corrected chi connectivity index (χ1v) is 8.90. The monoisotopic (exact) mass is 355 g/mol. The summed E-state index contributed by atoms with van der Waals surface area (Å²) >= 11 is 0. The van der Waals surface area contributed by atoms with Gasteiger partial charge in [-0.05, 0) is 31.7 Å². The highest BCUT2D eigenvalue weighted by atomic mass is 16.5. The van der Waals surface area contributed by atoms with Crippen molar-refractivity contribution in [3.8, 4) is 5.75 Å². The molecule has 4 rings (SSSR count). The van der Waals surface area contributed by atoms with Crippen LogP contribution in [0.5, 0.6) is 5.75 Å². The van der Waals surface area contributed by atoms with Crippen LogP contribution in [0.4, 0.5) is 5.69 Å². The van der Waals surface area contributed by atoms with Gasteiger partial charge in [-0.15, -0.1) is 0 Å². The predicted molar refractivity (Wildman–Crippen MR) is 95.1 cm³/mol. The summed E-state index contributed by atoms with van der Waals surface area (Å²) in [7, 11) is 0. The molecule has 7 nitrogen and oxygen atoms in total. The summed E-state index contributed by atoms with van der Waals surface area (Å²) in [6.07, 6.45) is 3.16. The van der Waals surface area contributed by atoms with E-state index in [9.17, 15) is 9.59 Å². The fourth-order valence-corrected chi connectivity index (χ4v) is 3.36. The van der Waals surface area contributed by atoms with Crippen molar-refractivity contribution in [3.63, 3.8) is 0 Å². The molecular weight excluding hydrogens is 334 g/mol. The molecule has 2 unspecified atom stereocenters. The largest absolute Gasteiger partial charge is 0.473 e. The van der Waals surface area contributed by atoms with Crippen LogP contribution in [0.25, 0.3) is 0 Å². The van der Waals surface area contributed by atoms with Gasteiger partial charge in [-0.3, -0.25) is 14.5 Å². The zero-order valence-electron chi connectivity index (χ0n) is 14.6. The topological polar surface area (TPSA) is 73.7 Å². The zero-order valence-corrected chi connectivity index (χ0v) is 14.6. The molecule has 1 aromatic heterocycles. The summed E-state index contributed by atoms with van der Waals surface area (Å²) in [6, 6.07) is 9.64. The van der Waals surface area contributed by atoms with Crippen molar-refractivity contribution in [3.05, 3.63) is 52.4 Å². The van der Waals surface area contributed by atoms with Crippen LogP contribution in [-0.2, 0) is 16.1 Å². The number of benzene rings is 1. The van der Waals surface area contributed by atoms with Crippen molar-refractivity contribution in [2.75, 3.05) is 11.5 Å². The Kier molecular flexibility index (Phi) is 4.46. The van der Waals surface area contributed by atoms with E-state index in [1.807, 2.05) is 30.3 Å². The molecule has 1 saturated heterocycles. The second kappa shape index (κ2) is 6.92. The van der Waals surface area contributed by atoms with Crippen LogP contribution in [0.2, 0.25) is 0 Å². The summed E-state index contributed by atoms with van der Waals surface area (Å²) in [5.41, 5.74) is 1.03. The highest BCUT2D eigenvalue weighted by molar-refractivity contribution is 5.99. The Morgan fingerprint density at radius 1 is 1.19 bits per heavy atom. The van der Waals surface area contributed by atoms with E-state index in [0.29, 0.717) is 18.8 Å². The molecule has 0 spiro atoms. The van der Waals surface area contributed by atoms with Crippen LogP contribution in [0.15, 0.2) is 41.3 Å². The lowest BCUT2D eigenvalue weighted by Gasteiger charge is -2.33. The summed E-state index contributed by atoms with van der Waals surface area (Å²) in [4.78, 5) is 27.1. The maximum absolute atomic E-state index is 12.9. The van der Waals surface area contributed by atoms with Gasteiger partial charge in [0.05, 0.1) is 12.7 Å². The molecule has 0 N–H and O–H groups in total. The first-order chi connectivity index (χ1) is 12.6. The Hall–Kier alpha value is -2.67. The van der Waals surface area contributed by atoms with Gasteiger partial charge in [-0.2, -0.15) is 9.78 Å². The van der Waals surface area contributed by atoms with Crippen LogP contribution in [0, 0.1) is 0 Å². The summed E-state index contributed by atoms with van der Waals surface area (Å²) in [5, 5.41) is 4.27. The predicted octanol–water partition coefficient (Wildman–Crippen LogP) is 2.26. The normalized spacial score (nSPS) is 22.7. The Morgan fingerprint density at radius 2 is 2.00 bits per heavy atom. The van der Waals surface area contributed by atoms with Gasteiger partial charge in [0.25, 0.3) is 5.91 Å². The van der Waals surface area contributed by atoms with Crippen LogP contribution < -0.4 is 15.2 Å². The molecule has 26 heavy (non-hydrogen) atoms. The van der Waals surface area contributed by atoms with E-state index in [1.54, 1.807) is 11.8 Å². The standard InChI is InChI=1S/C19H21N3O4/c1-13-18(23)21(12-14-7-3-2-4-8-14)15-11-20-22(19(24)17(15)26-13)16-9-5-6-10-25-16/h2-4,7-8,11,13,16H,5-6,9-10,12H2,1H3. The van der Waals surface area contributed by atoms with E-state index in [-0.39, 0.29) is 23.4 Å². The van der Waals surface area contributed by atoms with Crippen LogP contribution in [0.1, 0.15) is 38.0 Å². The van der Waals surface area contributed by atoms with Crippen molar-refractivity contribution in [2.24, 2.45) is 0 Å². The van der Waals surface area contributed by atoms with Gasteiger partial charge >= 0.3 is 5.56 Å². The summed E-state index contributed by atoms with van der Waals surface area (Å²) < 4.78 is 12.7. The van der Waals surface area contributed by atoms with Crippen molar-refractivity contribution >= 4 is 11.6 Å². The van der Waals surface area contributed by atoms with Gasteiger partial charge in [0.1, 0.15) is 5.69 Å². The molecule has 3 heterocycles. The Morgan fingerprint density at radius 3 is 2.73 bits per heavy atom. The lowest BCUT2D eigenvalue weighted by molar-refractivity contribution is -0.125. The number of aromatic nitrogens is 2. The summed E-state index contributed by atoms with van der Waals surface area (Å²) in [6.45, 7) is 2.64. The number of hydrogen-bond donors (Lipinski definition) is 0. The Bertz CT molecular complexity index is 859. The maximum atomic E-state index is 12.9. The SMILES string of the molecule is CC1Oc2c(cnn(C3CCCCO3)c2=O)N(Cc2ccccc2)C1=O. The molecule has 1 amide bonds. The number of nitrogens with zero attached hydrogens (tertiary/aromatic N) is 3. The second-order valence-electron chi connectivity index (χ2n) is 6.60. The van der Waals surface area contributed by atoms with E-state index in [0.717, 1.165) is 24.8 Å². The van der Waals surface area contributed by atoms with Crippen LogP contribution in [-0.4, -0.2) is 28.4 Å². The molecule has 1 fully saturated rings. The van der Waals surface area contributed by atoms with E-state index in [4.69, 9.17) is 9.47 Å². The Labute approximate surface area is 151 Å². The lowest BCUT2D eigenvalue weighted by atomic mass is 10.1. The number of anilines is 1.